The molecule has 0 N–H and O–H groups in total. The molecule has 4 heteroatoms. The van der Waals surface area contributed by atoms with E-state index in [1.54, 1.807) is 0 Å². The second-order valence-electron chi connectivity index (χ2n) is 0.568. The maximum Gasteiger partial charge on any atom is 0 e. The summed E-state index contributed by atoms with van der Waals surface area (Å²) < 4.78 is 0.109. The van der Waals surface area contributed by atoms with Crippen LogP contribution < -0.4 is 0 Å². The molecule has 0 unspecified atom stereocenters. The summed E-state index contributed by atoms with van der Waals surface area (Å²) in [5, 5.41) is 0. The Morgan fingerprint density at radius 3 is 1.86 bits per heavy atom. The van der Waals surface area contributed by atoms with Gasteiger partial charge in [-0.3, -0.25) is 0 Å². The minimum atomic E-state index is 0. The predicted molar refractivity (Wildman–Crippen MR) is 26.7 cm³/mol. The van der Waals surface area contributed by atoms with Gasteiger partial charge >= 0.3 is 43.8 Å². The first-order valence-electron chi connectivity index (χ1n) is 1.15. The molecule has 0 spiro atoms. The topological polar surface area (TPSA) is 17.1 Å². The van der Waals surface area contributed by atoms with Gasteiger partial charge in [0, 0.05) is 43.4 Å². The van der Waals surface area contributed by atoms with Crippen LogP contribution in [0.15, 0.2) is 12.7 Å². The Labute approximate surface area is 86.1 Å². The maximum atomic E-state index is 9.73. The zero-order valence-electron chi connectivity index (χ0n) is 3.90. The molecule has 7 heavy (non-hydrogen) atoms. The molecule has 0 aromatic carbocycles. The smallest absolute Gasteiger partial charge is 0 e. The first-order chi connectivity index (χ1) is 2.27. The molecular weight excluding hydrogens is 355 g/mol. The molecule has 0 rings (SSSR count). The third kappa shape index (κ3) is 18.4. The molecule has 0 aliphatic heterocycles. The van der Waals surface area contributed by atoms with Gasteiger partial charge in [0.25, 0.3) is 0 Å². The molecule has 7 radical (unpaired) electrons. The second-order valence-corrected chi connectivity index (χ2v) is 1.97. The van der Waals surface area contributed by atoms with E-state index in [4.69, 9.17) is 0 Å². The van der Waals surface area contributed by atoms with Crippen LogP contribution in [0.4, 0.5) is 0 Å². The molecule has 1 nitrogen and oxygen atoms in total. The van der Waals surface area contributed by atoms with Crippen LogP contribution in [-0.4, -0.2) is 50.2 Å². The van der Waals surface area contributed by atoms with Crippen molar-refractivity contribution in [3.05, 3.63) is 12.7 Å². The largest absolute Gasteiger partial charge is 0 e. The summed E-state index contributed by atoms with van der Waals surface area (Å²) in [5.41, 5.74) is 0. The van der Waals surface area contributed by atoms with E-state index in [9.17, 15) is 4.79 Å². The monoisotopic (exact) mass is 359 g/mol. The molecule has 0 aromatic rings. The average Bonchev–Trinajstić information content (AvgIpc) is 1.38. The van der Waals surface area contributed by atoms with Crippen molar-refractivity contribution in [1.82, 2.24) is 0 Å². The van der Waals surface area contributed by atoms with Crippen molar-refractivity contribution in [2.75, 3.05) is 0 Å². The standard InChI is InChI=1S/C3H3O.2Sn.Zn/c1-2-3-4;;;/h2H,1H2;;;. The third-order valence-electron chi connectivity index (χ3n) is 0.185. The van der Waals surface area contributed by atoms with Gasteiger partial charge in [0.1, 0.15) is 0 Å². The average molecular weight is 358 g/mol. The fourth-order valence-corrected chi connectivity index (χ4v) is 0. The van der Waals surface area contributed by atoms with E-state index in [0.717, 1.165) is 22.5 Å². The van der Waals surface area contributed by atoms with Crippen LogP contribution in [0.3, 0.4) is 0 Å². The molecule has 31 valence electrons. The number of carbonyl (C=O) groups is 1. The van der Waals surface area contributed by atoms with Gasteiger partial charge in [-0.15, -0.1) is 0 Å². The van der Waals surface area contributed by atoms with Crippen molar-refractivity contribution in [1.29, 1.82) is 0 Å². The Bertz CT molecular complexity index is 64.0. The van der Waals surface area contributed by atoms with E-state index in [2.05, 4.69) is 6.58 Å². The first-order valence-corrected chi connectivity index (χ1v) is 2.58. The second kappa shape index (κ2) is 10.6. The zero-order chi connectivity index (χ0) is 4.28. The third-order valence-corrected chi connectivity index (χ3v) is 0.768. The van der Waals surface area contributed by atoms with Crippen molar-refractivity contribution in [2.45, 2.75) is 0 Å². The molecular formula is C3H3OSn2Zn. The van der Waals surface area contributed by atoms with Crippen molar-refractivity contribution in [3.63, 3.8) is 0 Å². The Kier molecular flexibility index (Phi) is 24.0. The van der Waals surface area contributed by atoms with E-state index in [0.29, 0.717) is 0 Å². The van der Waals surface area contributed by atoms with E-state index in [1.165, 1.54) is 6.08 Å². The SMILES string of the molecule is C=C[C](=O)[Sn].[Sn].[Zn]. The van der Waals surface area contributed by atoms with E-state index in [-0.39, 0.29) is 47.2 Å². The van der Waals surface area contributed by atoms with E-state index in [1.807, 2.05) is 0 Å². The first kappa shape index (κ1) is 15.9. The molecule has 0 aliphatic rings. The molecule has 0 atom stereocenters. The summed E-state index contributed by atoms with van der Waals surface area (Å²) in [6.45, 7) is 3.23. The number of carbonyl (C=O) groups excluding carboxylic acids is 1. The fourth-order valence-electron chi connectivity index (χ4n) is 0. The molecule has 0 amide bonds. The Hall–Kier alpha value is 1.63. The molecule has 0 saturated heterocycles. The van der Waals surface area contributed by atoms with Crippen LogP contribution >= 0.6 is 0 Å². The van der Waals surface area contributed by atoms with Gasteiger partial charge in [-0.2, -0.15) is 0 Å². The van der Waals surface area contributed by atoms with Gasteiger partial charge in [-0.25, -0.2) is 0 Å². The molecule has 0 aromatic heterocycles. The predicted octanol–water partition coefficient (Wildman–Crippen LogP) is -0.516. The quantitative estimate of drug-likeness (QED) is 0.456. The fraction of sp³-hybridized carbons (Fsp3) is 0. The van der Waals surface area contributed by atoms with Crippen molar-refractivity contribution in [2.24, 2.45) is 0 Å². The van der Waals surface area contributed by atoms with Crippen LogP contribution in [0, 0.1) is 0 Å². The van der Waals surface area contributed by atoms with Crippen LogP contribution in [-0.2, 0) is 24.3 Å². The summed E-state index contributed by atoms with van der Waals surface area (Å²) >= 11 is 0.913. The number of rotatable bonds is 1. The van der Waals surface area contributed by atoms with Crippen LogP contribution in [0.2, 0.25) is 0 Å². The molecule has 0 fully saturated rings. The van der Waals surface area contributed by atoms with Gasteiger partial charge in [0.05, 0.1) is 0 Å². The summed E-state index contributed by atoms with van der Waals surface area (Å²) in [7, 11) is 0. The van der Waals surface area contributed by atoms with Crippen molar-refractivity contribution in [3.8, 4) is 0 Å². The van der Waals surface area contributed by atoms with Gasteiger partial charge < -0.3 is 0 Å². The minimum Gasteiger partial charge on any atom is 0 e. The Morgan fingerprint density at radius 1 is 1.71 bits per heavy atom. The van der Waals surface area contributed by atoms with Gasteiger partial charge in [0.15, 0.2) is 0 Å². The Balaban J connectivity index is -0.0000000800. The number of hydrogen-bond donors (Lipinski definition) is 0. The zero-order valence-corrected chi connectivity index (χ0v) is 12.6. The maximum absolute atomic E-state index is 9.73. The summed E-state index contributed by atoms with van der Waals surface area (Å²) in [5.74, 6) is 0. The normalized spacial score (nSPS) is 4.71. The molecule has 0 aliphatic carbocycles. The van der Waals surface area contributed by atoms with Crippen LogP contribution in [0.1, 0.15) is 0 Å². The Morgan fingerprint density at radius 2 is 1.86 bits per heavy atom. The summed E-state index contributed by atoms with van der Waals surface area (Å²) in [6.07, 6.45) is 1.32. The van der Waals surface area contributed by atoms with E-state index >= 15 is 0 Å². The van der Waals surface area contributed by atoms with Crippen LogP contribution in [0.5, 0.6) is 0 Å². The molecule has 0 bridgehead atoms. The van der Waals surface area contributed by atoms with Crippen LogP contribution in [0.25, 0.3) is 0 Å². The van der Waals surface area contributed by atoms with Crippen molar-refractivity contribution < 1.29 is 24.3 Å². The number of hydrogen-bond acceptors (Lipinski definition) is 1. The van der Waals surface area contributed by atoms with Gasteiger partial charge in [-0.1, -0.05) is 0 Å². The molecule has 0 heterocycles. The van der Waals surface area contributed by atoms with Gasteiger partial charge in [-0.05, 0) is 0 Å². The summed E-state index contributed by atoms with van der Waals surface area (Å²) in [6, 6.07) is 0. The van der Waals surface area contributed by atoms with Gasteiger partial charge in [0.2, 0.25) is 0 Å². The number of allylic oxidation sites excluding steroid dienone is 1. The molecule has 0 saturated carbocycles. The minimum absolute atomic E-state index is 0. The van der Waals surface area contributed by atoms with Crippen molar-refractivity contribution >= 4 is 50.2 Å². The summed E-state index contributed by atoms with van der Waals surface area (Å²) in [4.78, 5) is 9.73. The van der Waals surface area contributed by atoms with E-state index < -0.39 is 0 Å².